The number of hydrogen-bond acceptors (Lipinski definition) is 3. The topological polar surface area (TPSA) is 41.6 Å². The molecule has 0 aliphatic carbocycles. The van der Waals surface area contributed by atoms with Gasteiger partial charge in [0.25, 0.3) is 0 Å². The Morgan fingerprint density at radius 2 is 1.78 bits per heavy atom. The summed E-state index contributed by atoms with van der Waals surface area (Å²) in [6.07, 6.45) is 2.84. The molecular formula is C14H28N2O2. The van der Waals surface area contributed by atoms with Gasteiger partial charge >= 0.3 is 0 Å². The second-order valence-electron chi connectivity index (χ2n) is 6.56. The molecule has 106 valence electrons. The number of amides is 1. The van der Waals surface area contributed by atoms with Crippen LogP contribution in [0.4, 0.5) is 0 Å². The Labute approximate surface area is 111 Å². The Morgan fingerprint density at radius 3 is 2.17 bits per heavy atom. The van der Waals surface area contributed by atoms with Crippen molar-refractivity contribution in [2.75, 3.05) is 6.61 Å². The maximum atomic E-state index is 11.2. The molecule has 1 fully saturated rings. The van der Waals surface area contributed by atoms with E-state index in [1.807, 2.05) is 0 Å². The van der Waals surface area contributed by atoms with Crippen LogP contribution in [0.1, 0.15) is 60.8 Å². The van der Waals surface area contributed by atoms with Gasteiger partial charge in [0.2, 0.25) is 5.91 Å². The first-order valence-electron chi connectivity index (χ1n) is 6.89. The van der Waals surface area contributed by atoms with Gasteiger partial charge in [-0.25, -0.2) is 0 Å². The summed E-state index contributed by atoms with van der Waals surface area (Å²) >= 11 is 0. The Hall–Kier alpha value is -0.610. The van der Waals surface area contributed by atoms with Crippen LogP contribution in [0.3, 0.4) is 0 Å². The molecule has 1 aliphatic rings. The van der Waals surface area contributed by atoms with Gasteiger partial charge in [0.15, 0.2) is 0 Å². The van der Waals surface area contributed by atoms with Gasteiger partial charge in [0.1, 0.15) is 0 Å². The van der Waals surface area contributed by atoms with Crippen LogP contribution in [0.25, 0.3) is 0 Å². The van der Waals surface area contributed by atoms with E-state index in [0.717, 1.165) is 25.9 Å². The third-order valence-electron chi connectivity index (χ3n) is 3.42. The van der Waals surface area contributed by atoms with Crippen LogP contribution in [0.5, 0.6) is 0 Å². The van der Waals surface area contributed by atoms with Gasteiger partial charge < -0.3 is 5.32 Å². The van der Waals surface area contributed by atoms with Gasteiger partial charge in [-0.3, -0.25) is 9.63 Å². The van der Waals surface area contributed by atoms with E-state index in [9.17, 15) is 4.79 Å². The van der Waals surface area contributed by atoms with Gasteiger partial charge in [-0.1, -0.05) is 6.92 Å². The zero-order chi connectivity index (χ0) is 14.0. The summed E-state index contributed by atoms with van der Waals surface area (Å²) < 4.78 is 0. The molecule has 0 unspecified atom stereocenters. The van der Waals surface area contributed by atoms with Crippen LogP contribution in [0, 0.1) is 0 Å². The van der Waals surface area contributed by atoms with Crippen molar-refractivity contribution >= 4 is 5.91 Å². The van der Waals surface area contributed by atoms with Crippen molar-refractivity contribution in [1.82, 2.24) is 10.4 Å². The minimum absolute atomic E-state index is 0.0505. The summed E-state index contributed by atoms with van der Waals surface area (Å²) in [6.45, 7) is 13.2. The SMILES string of the molecule is CCCON1C(C)(C)CC(NC(C)=O)CC1(C)C. The van der Waals surface area contributed by atoms with Crippen molar-refractivity contribution in [2.45, 2.75) is 77.9 Å². The number of nitrogens with one attached hydrogen (secondary N) is 1. The van der Waals surface area contributed by atoms with E-state index in [0.29, 0.717) is 0 Å². The predicted molar refractivity (Wildman–Crippen MR) is 73.1 cm³/mol. The fourth-order valence-electron chi connectivity index (χ4n) is 3.18. The molecule has 1 rings (SSSR count). The van der Waals surface area contributed by atoms with Crippen molar-refractivity contribution in [3.05, 3.63) is 0 Å². The zero-order valence-corrected chi connectivity index (χ0v) is 12.7. The van der Waals surface area contributed by atoms with E-state index >= 15 is 0 Å². The molecule has 0 atom stereocenters. The molecule has 1 amide bonds. The molecule has 4 heteroatoms. The number of nitrogens with zero attached hydrogens (tertiary/aromatic N) is 1. The molecule has 4 nitrogen and oxygen atoms in total. The Balaban J connectivity index is 2.80. The summed E-state index contributed by atoms with van der Waals surface area (Å²) in [5.74, 6) is 0.0505. The van der Waals surface area contributed by atoms with E-state index in [1.54, 1.807) is 6.92 Å². The first-order chi connectivity index (χ1) is 8.19. The fraction of sp³-hybridized carbons (Fsp3) is 0.929. The second-order valence-corrected chi connectivity index (χ2v) is 6.56. The summed E-state index contributed by atoms with van der Waals surface area (Å²) in [6, 6.07) is 0.231. The first-order valence-corrected chi connectivity index (χ1v) is 6.89. The van der Waals surface area contributed by atoms with Crippen LogP contribution >= 0.6 is 0 Å². The average Bonchev–Trinajstić information content (AvgIpc) is 2.12. The number of hydroxylamine groups is 2. The van der Waals surface area contributed by atoms with Gasteiger partial charge in [-0.2, -0.15) is 5.06 Å². The smallest absolute Gasteiger partial charge is 0.217 e. The molecular weight excluding hydrogens is 228 g/mol. The van der Waals surface area contributed by atoms with E-state index < -0.39 is 0 Å². The molecule has 18 heavy (non-hydrogen) atoms. The molecule has 1 saturated heterocycles. The van der Waals surface area contributed by atoms with E-state index in [-0.39, 0.29) is 23.0 Å². The van der Waals surface area contributed by atoms with Crippen LogP contribution in [0.15, 0.2) is 0 Å². The second kappa shape index (κ2) is 5.57. The molecule has 0 aromatic rings. The summed E-state index contributed by atoms with van der Waals surface area (Å²) in [5.41, 5.74) is -0.131. The van der Waals surface area contributed by atoms with Crippen LogP contribution in [-0.2, 0) is 9.63 Å². The van der Waals surface area contributed by atoms with Gasteiger partial charge in [0, 0.05) is 24.0 Å². The highest BCUT2D eigenvalue weighted by molar-refractivity contribution is 5.73. The standard InChI is InChI=1S/C14H28N2O2/c1-7-8-18-16-13(3,4)9-12(15-11(2)17)10-14(16,5)6/h12H,7-10H2,1-6H3,(H,15,17). The minimum atomic E-state index is -0.0654. The van der Waals surface area contributed by atoms with Crippen molar-refractivity contribution in [3.63, 3.8) is 0 Å². The van der Waals surface area contributed by atoms with Crippen molar-refractivity contribution in [2.24, 2.45) is 0 Å². The lowest BCUT2D eigenvalue weighted by Crippen LogP contribution is -2.63. The van der Waals surface area contributed by atoms with Crippen molar-refractivity contribution in [3.8, 4) is 0 Å². The number of hydrogen-bond donors (Lipinski definition) is 1. The molecule has 0 bridgehead atoms. The first kappa shape index (κ1) is 15.4. The molecule has 1 heterocycles. The van der Waals surface area contributed by atoms with Gasteiger partial charge in [-0.05, 0) is 47.0 Å². The average molecular weight is 256 g/mol. The van der Waals surface area contributed by atoms with Crippen molar-refractivity contribution in [1.29, 1.82) is 0 Å². The summed E-state index contributed by atoms with van der Waals surface area (Å²) in [4.78, 5) is 17.2. The number of carbonyl (C=O) groups excluding carboxylic acids is 1. The Bertz CT molecular complexity index is 282. The highest BCUT2D eigenvalue weighted by Gasteiger charge is 2.46. The lowest BCUT2D eigenvalue weighted by Gasteiger charge is -2.53. The molecule has 1 aliphatic heterocycles. The molecule has 0 saturated carbocycles. The van der Waals surface area contributed by atoms with Gasteiger partial charge in [0.05, 0.1) is 6.61 Å². The highest BCUT2D eigenvalue weighted by atomic mass is 16.7. The lowest BCUT2D eigenvalue weighted by molar-refractivity contribution is -0.283. The number of carbonyl (C=O) groups is 1. The maximum Gasteiger partial charge on any atom is 0.217 e. The van der Waals surface area contributed by atoms with Crippen LogP contribution < -0.4 is 5.32 Å². The largest absolute Gasteiger partial charge is 0.353 e. The Kier molecular flexibility index (Phi) is 4.78. The number of piperidine rings is 1. The number of rotatable bonds is 4. The van der Waals surface area contributed by atoms with Crippen molar-refractivity contribution < 1.29 is 9.63 Å². The molecule has 0 aromatic heterocycles. The third kappa shape index (κ3) is 3.69. The normalized spacial score (nSPS) is 23.9. The van der Waals surface area contributed by atoms with Crippen LogP contribution in [-0.4, -0.2) is 34.7 Å². The Morgan fingerprint density at radius 1 is 1.28 bits per heavy atom. The molecule has 0 spiro atoms. The fourth-order valence-corrected chi connectivity index (χ4v) is 3.18. The lowest BCUT2D eigenvalue weighted by atomic mass is 9.79. The molecule has 0 aromatic carbocycles. The molecule has 1 N–H and O–H groups in total. The molecule has 0 radical (unpaired) electrons. The quantitative estimate of drug-likeness (QED) is 0.840. The van der Waals surface area contributed by atoms with Crippen LogP contribution in [0.2, 0.25) is 0 Å². The summed E-state index contributed by atoms with van der Waals surface area (Å²) in [5, 5.41) is 5.18. The maximum absolute atomic E-state index is 11.2. The monoisotopic (exact) mass is 256 g/mol. The minimum Gasteiger partial charge on any atom is -0.353 e. The van der Waals surface area contributed by atoms with E-state index in [4.69, 9.17) is 4.84 Å². The van der Waals surface area contributed by atoms with E-state index in [2.05, 4.69) is 45.0 Å². The third-order valence-corrected chi connectivity index (χ3v) is 3.42. The zero-order valence-electron chi connectivity index (χ0n) is 12.7. The van der Waals surface area contributed by atoms with Gasteiger partial charge in [-0.15, -0.1) is 0 Å². The van der Waals surface area contributed by atoms with E-state index in [1.165, 1.54) is 0 Å². The highest BCUT2D eigenvalue weighted by Crippen LogP contribution is 2.38. The summed E-state index contributed by atoms with van der Waals surface area (Å²) in [7, 11) is 0. The predicted octanol–water partition coefficient (Wildman–Crippen LogP) is 2.49.